The SMILES string of the molecule is c1ccc(N(c2ccccc2-c2cccc3c2-c2ccccc2C32c3ccc4ccccc4c3Oc3c2ccc2ccccc32)c2cccc3oc4ccccc4c23)cc1. The molecule has 1 aliphatic heterocycles. The van der Waals surface area contributed by atoms with Crippen molar-refractivity contribution in [3.8, 4) is 33.8 Å². The molecule has 2 heterocycles. The maximum absolute atomic E-state index is 7.23. The number of hydrogen-bond donors (Lipinski definition) is 0. The van der Waals surface area contributed by atoms with Crippen LogP contribution < -0.4 is 9.64 Å². The third kappa shape index (κ3) is 4.44. The van der Waals surface area contributed by atoms with Crippen LogP contribution >= 0.6 is 0 Å². The fraction of sp³-hybridized carbons (Fsp3) is 0.0175. The Kier molecular flexibility index (Phi) is 6.93. The third-order valence-corrected chi connectivity index (χ3v) is 12.9. The molecule has 0 amide bonds. The van der Waals surface area contributed by atoms with E-state index in [0.717, 1.165) is 88.7 Å². The van der Waals surface area contributed by atoms with Crippen molar-refractivity contribution in [2.24, 2.45) is 0 Å². The van der Waals surface area contributed by atoms with Crippen LogP contribution in [0, 0.1) is 0 Å². The summed E-state index contributed by atoms with van der Waals surface area (Å²) in [5.41, 5.74) is 13.9. The molecule has 0 saturated heterocycles. The van der Waals surface area contributed by atoms with Crippen molar-refractivity contribution in [3.05, 3.63) is 235 Å². The van der Waals surface area contributed by atoms with Gasteiger partial charge in [0.2, 0.25) is 0 Å². The van der Waals surface area contributed by atoms with Gasteiger partial charge in [-0.1, -0.05) is 176 Å². The maximum Gasteiger partial charge on any atom is 0.140 e. The van der Waals surface area contributed by atoms with E-state index in [-0.39, 0.29) is 0 Å². The molecule has 2 aliphatic rings. The Morgan fingerprint density at radius 3 is 1.67 bits per heavy atom. The number of rotatable bonds is 4. The highest BCUT2D eigenvalue weighted by Gasteiger charge is 2.52. The van der Waals surface area contributed by atoms with Crippen LogP contribution in [0.5, 0.6) is 11.5 Å². The monoisotopic (exact) mass is 765 g/mol. The number of hydrogen-bond acceptors (Lipinski definition) is 3. The minimum atomic E-state index is -0.645. The van der Waals surface area contributed by atoms with E-state index in [4.69, 9.17) is 9.15 Å². The van der Waals surface area contributed by atoms with Crippen LogP contribution in [0.1, 0.15) is 22.3 Å². The summed E-state index contributed by atoms with van der Waals surface area (Å²) < 4.78 is 13.7. The van der Waals surface area contributed by atoms with Gasteiger partial charge in [0.05, 0.1) is 22.2 Å². The molecule has 1 aliphatic carbocycles. The second-order valence-corrected chi connectivity index (χ2v) is 15.9. The number of ether oxygens (including phenoxy) is 1. The predicted molar refractivity (Wildman–Crippen MR) is 246 cm³/mol. The summed E-state index contributed by atoms with van der Waals surface area (Å²) in [5, 5.41) is 6.72. The molecule has 280 valence electrons. The molecule has 0 saturated carbocycles. The molecule has 0 unspecified atom stereocenters. The van der Waals surface area contributed by atoms with E-state index >= 15 is 0 Å². The van der Waals surface area contributed by atoms with E-state index in [0.29, 0.717) is 0 Å². The van der Waals surface area contributed by atoms with Crippen molar-refractivity contribution in [1.29, 1.82) is 0 Å². The van der Waals surface area contributed by atoms with Crippen molar-refractivity contribution in [1.82, 2.24) is 0 Å². The Morgan fingerprint density at radius 1 is 0.350 bits per heavy atom. The molecule has 1 spiro atoms. The fourth-order valence-corrected chi connectivity index (χ4v) is 10.5. The van der Waals surface area contributed by atoms with Crippen LogP contribution in [0.15, 0.2) is 217 Å². The van der Waals surface area contributed by atoms with Gasteiger partial charge in [-0.2, -0.15) is 0 Å². The predicted octanol–water partition coefficient (Wildman–Crippen LogP) is 15.5. The van der Waals surface area contributed by atoms with Gasteiger partial charge in [-0.25, -0.2) is 0 Å². The van der Waals surface area contributed by atoms with Crippen molar-refractivity contribution in [2.45, 2.75) is 5.41 Å². The maximum atomic E-state index is 7.23. The van der Waals surface area contributed by atoms with E-state index in [1.54, 1.807) is 0 Å². The molecule has 60 heavy (non-hydrogen) atoms. The fourth-order valence-electron chi connectivity index (χ4n) is 10.5. The first kappa shape index (κ1) is 33.1. The zero-order valence-electron chi connectivity index (χ0n) is 32.5. The number of fused-ring (bicyclic) bond motifs is 16. The van der Waals surface area contributed by atoms with E-state index in [1.807, 2.05) is 6.07 Å². The molecular weight excluding hydrogens is 731 g/mol. The number of benzene rings is 10. The van der Waals surface area contributed by atoms with E-state index in [1.165, 1.54) is 27.8 Å². The average Bonchev–Trinajstić information content (AvgIpc) is 3.84. The van der Waals surface area contributed by atoms with Crippen molar-refractivity contribution < 1.29 is 9.15 Å². The molecule has 11 aromatic rings. The lowest BCUT2D eigenvalue weighted by atomic mass is 9.65. The van der Waals surface area contributed by atoms with Crippen molar-refractivity contribution >= 4 is 60.5 Å². The second kappa shape index (κ2) is 12.6. The molecule has 13 rings (SSSR count). The molecule has 3 heteroatoms. The van der Waals surface area contributed by atoms with Crippen molar-refractivity contribution in [2.75, 3.05) is 4.90 Å². The van der Waals surface area contributed by atoms with Crippen LogP contribution in [0.3, 0.4) is 0 Å². The van der Waals surface area contributed by atoms with Gasteiger partial charge in [0, 0.05) is 38.5 Å². The normalized spacial score (nSPS) is 13.3. The summed E-state index contributed by atoms with van der Waals surface area (Å²) in [5.74, 6) is 1.84. The number of nitrogens with zero attached hydrogens (tertiary/aromatic N) is 1. The highest BCUT2D eigenvalue weighted by Crippen LogP contribution is 2.65. The third-order valence-electron chi connectivity index (χ3n) is 12.9. The van der Waals surface area contributed by atoms with E-state index < -0.39 is 5.41 Å². The van der Waals surface area contributed by atoms with Crippen LogP contribution in [0.4, 0.5) is 17.1 Å². The number of furan rings is 1. The lowest BCUT2D eigenvalue weighted by Crippen LogP contribution is -2.32. The van der Waals surface area contributed by atoms with Crippen molar-refractivity contribution in [3.63, 3.8) is 0 Å². The standard InChI is InChI=1S/C57H35NO2/c1-2-18-38(19-3-1)58(50-29-15-31-52-54(50)44-24-10-13-30-51(44)59-52)49-28-12-9-22-41(49)42-25-14-27-46-53(42)43-23-8-11-26-45(43)57(46)47-34-32-36-16-4-6-20-39(36)55(47)60-56-40-21-7-5-17-37(40)33-35-48(56)57/h1-35H. The second-order valence-electron chi connectivity index (χ2n) is 15.9. The van der Waals surface area contributed by atoms with Gasteiger partial charge >= 0.3 is 0 Å². The average molecular weight is 766 g/mol. The Hall–Kier alpha value is -7.88. The largest absolute Gasteiger partial charge is 0.456 e. The molecule has 10 aromatic carbocycles. The summed E-state index contributed by atoms with van der Waals surface area (Å²) in [6, 6.07) is 76.7. The molecule has 0 atom stereocenters. The van der Waals surface area contributed by atoms with E-state index in [9.17, 15) is 0 Å². The molecule has 0 radical (unpaired) electrons. The first-order valence-electron chi connectivity index (χ1n) is 20.6. The molecule has 0 fully saturated rings. The Labute approximate surface area is 347 Å². The molecule has 0 bridgehead atoms. The molecule has 1 aromatic heterocycles. The molecule has 0 N–H and O–H groups in total. The van der Waals surface area contributed by atoms with Crippen LogP contribution in [-0.2, 0) is 5.41 Å². The van der Waals surface area contributed by atoms with Gasteiger partial charge in [0.25, 0.3) is 0 Å². The van der Waals surface area contributed by atoms with Gasteiger partial charge in [0.1, 0.15) is 22.7 Å². The van der Waals surface area contributed by atoms with Gasteiger partial charge < -0.3 is 14.1 Å². The minimum Gasteiger partial charge on any atom is -0.456 e. The smallest absolute Gasteiger partial charge is 0.140 e. The molecular formula is C57H35NO2. The summed E-state index contributed by atoms with van der Waals surface area (Å²) in [7, 11) is 0. The lowest BCUT2D eigenvalue weighted by molar-refractivity contribution is 0.447. The highest BCUT2D eigenvalue weighted by molar-refractivity contribution is 6.14. The van der Waals surface area contributed by atoms with Gasteiger partial charge in [-0.3, -0.25) is 0 Å². The van der Waals surface area contributed by atoms with Crippen LogP contribution in [0.25, 0.3) is 65.7 Å². The zero-order chi connectivity index (χ0) is 39.4. The topological polar surface area (TPSA) is 25.6 Å². The van der Waals surface area contributed by atoms with Crippen LogP contribution in [0.2, 0.25) is 0 Å². The Balaban J connectivity index is 1.13. The summed E-state index contributed by atoms with van der Waals surface area (Å²) in [6.45, 7) is 0. The minimum absolute atomic E-state index is 0.645. The molecule has 3 nitrogen and oxygen atoms in total. The highest BCUT2D eigenvalue weighted by atomic mass is 16.5. The van der Waals surface area contributed by atoms with Gasteiger partial charge in [0.15, 0.2) is 0 Å². The first-order valence-corrected chi connectivity index (χ1v) is 20.6. The lowest BCUT2D eigenvalue weighted by Gasteiger charge is -2.40. The van der Waals surface area contributed by atoms with E-state index in [2.05, 4.69) is 211 Å². The zero-order valence-corrected chi connectivity index (χ0v) is 32.5. The Morgan fingerprint density at radius 2 is 0.900 bits per heavy atom. The van der Waals surface area contributed by atoms with Crippen LogP contribution in [-0.4, -0.2) is 0 Å². The number of anilines is 3. The quantitative estimate of drug-likeness (QED) is 0.178. The summed E-state index contributed by atoms with van der Waals surface area (Å²) in [4.78, 5) is 2.41. The first-order chi connectivity index (χ1) is 29.8. The van der Waals surface area contributed by atoms with Gasteiger partial charge in [-0.15, -0.1) is 0 Å². The summed E-state index contributed by atoms with van der Waals surface area (Å²) >= 11 is 0. The summed E-state index contributed by atoms with van der Waals surface area (Å²) in [6.07, 6.45) is 0. The van der Waals surface area contributed by atoms with Gasteiger partial charge in [-0.05, 0) is 75.0 Å². The Bertz CT molecular complexity index is 3460. The number of para-hydroxylation sites is 3.